The molecule has 0 atom stereocenters. The molecule has 0 fully saturated rings. The van der Waals surface area contributed by atoms with Gasteiger partial charge in [-0.1, -0.05) is 72.8 Å². The van der Waals surface area contributed by atoms with E-state index in [0.717, 1.165) is 22.5 Å². The summed E-state index contributed by atoms with van der Waals surface area (Å²) in [5.41, 5.74) is 6.05. The van der Waals surface area contributed by atoms with Gasteiger partial charge in [-0.05, 0) is 35.4 Å². The number of hydrogen-bond acceptors (Lipinski definition) is 4. The molecular formula is C28H18CoN4O2. The molecular weight excluding hydrogens is 483 g/mol. The van der Waals surface area contributed by atoms with Crippen LogP contribution in [0, 0.1) is 0 Å². The molecule has 2 aromatic heterocycles. The normalized spacial score (nSPS) is 15.3. The maximum absolute atomic E-state index is 11.6. The van der Waals surface area contributed by atoms with Gasteiger partial charge in [-0.25, -0.2) is 0 Å². The molecule has 4 aromatic rings. The molecule has 6 nitrogen and oxygen atoms in total. The van der Waals surface area contributed by atoms with Gasteiger partial charge in [0, 0.05) is 23.5 Å². The first-order valence-electron chi connectivity index (χ1n) is 10.7. The van der Waals surface area contributed by atoms with Crippen molar-refractivity contribution >= 4 is 35.4 Å². The molecule has 0 saturated carbocycles. The Morgan fingerprint density at radius 1 is 0.514 bits per heavy atom. The quantitative estimate of drug-likeness (QED) is 0.327. The molecule has 0 saturated heterocycles. The van der Waals surface area contributed by atoms with Crippen LogP contribution in [-0.4, -0.2) is 21.8 Å². The van der Waals surface area contributed by atoms with Crippen LogP contribution in [0.5, 0.6) is 0 Å². The average Bonchev–Trinajstić information content (AvgIpc) is 3.37. The fourth-order valence-electron chi connectivity index (χ4n) is 3.67. The molecule has 0 N–H and O–H groups in total. The van der Waals surface area contributed by atoms with Crippen LogP contribution in [0.15, 0.2) is 97.3 Å². The van der Waals surface area contributed by atoms with Gasteiger partial charge in [-0.3, -0.25) is 9.97 Å². The standard InChI is InChI=1S/2C14H10N2O.Co/c2*17-14-12-7-2-1-6-11(12)13(16-14)9-10-5-3-4-8-15-10;/h2*1-9H,(H,15,16,17);/q;;+2/p-2. The second-order valence-corrected chi connectivity index (χ2v) is 7.49. The third kappa shape index (κ3) is 5.27. The minimum Gasteiger partial charge on any atom is -0.622 e. The van der Waals surface area contributed by atoms with Crippen molar-refractivity contribution in [3.05, 3.63) is 142 Å². The molecule has 0 aliphatic carbocycles. The number of aromatic nitrogens is 2. The summed E-state index contributed by atoms with van der Waals surface area (Å²) in [5.74, 6) is -0.356. The molecule has 7 heteroatoms. The van der Waals surface area contributed by atoms with E-state index >= 15 is 0 Å². The summed E-state index contributed by atoms with van der Waals surface area (Å²) in [6, 6.07) is 26.2. The van der Waals surface area contributed by atoms with E-state index in [2.05, 4.69) is 20.6 Å². The molecule has 4 heterocycles. The van der Waals surface area contributed by atoms with Gasteiger partial charge in [0.1, 0.15) is 0 Å². The Hall–Kier alpha value is -4.33. The van der Waals surface area contributed by atoms with Gasteiger partial charge in [0.25, 0.3) is 0 Å². The van der Waals surface area contributed by atoms with Crippen LogP contribution in [0.3, 0.4) is 0 Å². The molecule has 2 aliphatic heterocycles. The van der Waals surface area contributed by atoms with Crippen LogP contribution in [0.25, 0.3) is 34.2 Å². The summed E-state index contributed by atoms with van der Waals surface area (Å²) in [6.45, 7) is 0. The third-order valence-electron chi connectivity index (χ3n) is 5.26. The molecule has 1 radical (unpaired) electrons. The number of amides is 2. The van der Waals surface area contributed by atoms with Crippen LogP contribution in [0.2, 0.25) is 0 Å². The Kier molecular flexibility index (Phi) is 7.30. The van der Waals surface area contributed by atoms with Crippen molar-refractivity contribution < 1.29 is 26.4 Å². The Balaban J connectivity index is 0.000000160. The van der Waals surface area contributed by atoms with Gasteiger partial charge in [0.2, 0.25) is 0 Å². The summed E-state index contributed by atoms with van der Waals surface area (Å²) in [5, 5.41) is 8.07. The van der Waals surface area contributed by atoms with Crippen molar-refractivity contribution in [3.63, 3.8) is 0 Å². The zero-order chi connectivity index (χ0) is 23.3. The second kappa shape index (κ2) is 10.7. The fourth-order valence-corrected chi connectivity index (χ4v) is 3.67. The van der Waals surface area contributed by atoms with Crippen molar-refractivity contribution in [3.8, 4) is 0 Å². The predicted molar refractivity (Wildman–Crippen MR) is 132 cm³/mol. The molecule has 0 spiro atoms. The third-order valence-corrected chi connectivity index (χ3v) is 5.26. The van der Waals surface area contributed by atoms with Gasteiger partial charge < -0.3 is 20.2 Å². The van der Waals surface area contributed by atoms with E-state index in [1.165, 1.54) is 0 Å². The zero-order valence-corrected chi connectivity index (χ0v) is 19.4. The summed E-state index contributed by atoms with van der Waals surface area (Å²) in [4.78, 5) is 31.7. The molecule has 0 bridgehead atoms. The number of hydrogen-bond donors (Lipinski definition) is 0. The zero-order valence-electron chi connectivity index (χ0n) is 18.3. The molecule has 2 aromatic carbocycles. The van der Waals surface area contributed by atoms with Crippen LogP contribution < -0.4 is 0 Å². The maximum atomic E-state index is 11.6. The van der Waals surface area contributed by atoms with Crippen LogP contribution >= 0.6 is 0 Å². The predicted octanol–water partition coefficient (Wildman–Crippen LogP) is 6.21. The molecule has 171 valence electrons. The summed E-state index contributed by atoms with van der Waals surface area (Å²) < 4.78 is 0. The van der Waals surface area contributed by atoms with Gasteiger partial charge in [0.15, 0.2) is 0 Å². The Labute approximate surface area is 213 Å². The molecule has 2 amide bonds. The number of carbonyl (C=O) groups excluding carboxylic acids is 2. The summed E-state index contributed by atoms with van der Waals surface area (Å²) in [7, 11) is 0. The Bertz CT molecular complexity index is 1320. The van der Waals surface area contributed by atoms with E-state index in [0.29, 0.717) is 22.5 Å². The number of rotatable bonds is 2. The monoisotopic (exact) mass is 501 g/mol. The van der Waals surface area contributed by atoms with Crippen molar-refractivity contribution in [2.24, 2.45) is 0 Å². The largest absolute Gasteiger partial charge is 2.00 e. The van der Waals surface area contributed by atoms with E-state index in [4.69, 9.17) is 0 Å². The number of benzene rings is 2. The SMILES string of the molecule is O=C1[N-]/C(=C\c2ccccn2)c2ccccc21.O=C1[N-]/C(=C\c2ccccn2)c2ccccc21.[Co+2]. The number of nitrogens with zero attached hydrogens (tertiary/aromatic N) is 4. The van der Waals surface area contributed by atoms with E-state index in [1.54, 1.807) is 24.5 Å². The second-order valence-electron chi connectivity index (χ2n) is 7.49. The smallest absolute Gasteiger partial charge is 0.622 e. The van der Waals surface area contributed by atoms with Gasteiger partial charge in [0.05, 0.1) is 23.2 Å². The number of pyridine rings is 2. The van der Waals surface area contributed by atoms with E-state index < -0.39 is 0 Å². The molecule has 0 unspecified atom stereocenters. The summed E-state index contributed by atoms with van der Waals surface area (Å²) >= 11 is 0. The van der Waals surface area contributed by atoms with E-state index in [1.807, 2.05) is 84.9 Å². The summed E-state index contributed by atoms with van der Waals surface area (Å²) in [6.07, 6.45) is 7.08. The van der Waals surface area contributed by atoms with Gasteiger partial charge in [-0.2, -0.15) is 0 Å². The first-order chi connectivity index (χ1) is 16.7. The van der Waals surface area contributed by atoms with E-state index in [-0.39, 0.29) is 28.6 Å². The van der Waals surface area contributed by atoms with Crippen LogP contribution in [0.4, 0.5) is 0 Å². The van der Waals surface area contributed by atoms with Crippen molar-refractivity contribution in [2.75, 3.05) is 0 Å². The van der Waals surface area contributed by atoms with Crippen LogP contribution in [-0.2, 0) is 16.8 Å². The topological polar surface area (TPSA) is 88.1 Å². The van der Waals surface area contributed by atoms with Crippen molar-refractivity contribution in [1.82, 2.24) is 9.97 Å². The minimum absolute atomic E-state index is 0. The average molecular weight is 501 g/mol. The van der Waals surface area contributed by atoms with E-state index in [9.17, 15) is 9.59 Å². The first kappa shape index (κ1) is 23.8. The fraction of sp³-hybridized carbons (Fsp3) is 0. The van der Waals surface area contributed by atoms with Crippen LogP contribution in [0.1, 0.15) is 43.2 Å². The molecule has 6 rings (SSSR count). The Morgan fingerprint density at radius 3 is 1.26 bits per heavy atom. The van der Waals surface area contributed by atoms with Crippen molar-refractivity contribution in [1.29, 1.82) is 0 Å². The minimum atomic E-state index is -0.178. The van der Waals surface area contributed by atoms with Gasteiger partial charge in [-0.15, -0.1) is 11.4 Å². The van der Waals surface area contributed by atoms with Crippen molar-refractivity contribution in [2.45, 2.75) is 0 Å². The number of fused-ring (bicyclic) bond motifs is 2. The van der Waals surface area contributed by atoms with Gasteiger partial charge >= 0.3 is 16.8 Å². The first-order valence-corrected chi connectivity index (χ1v) is 10.7. The molecule has 2 aliphatic rings. The maximum Gasteiger partial charge on any atom is 2.00 e. The Morgan fingerprint density at radius 2 is 0.886 bits per heavy atom. The molecule has 35 heavy (non-hydrogen) atoms. The number of carbonyl (C=O) groups is 2.